The normalized spacial score (nSPS) is 15.7. The number of nitrogens with one attached hydrogen (secondary N) is 1. The fraction of sp³-hybridized carbons (Fsp3) is 0.500. The fourth-order valence-corrected chi connectivity index (χ4v) is 3.36. The van der Waals surface area contributed by atoms with Crippen molar-refractivity contribution in [3.05, 3.63) is 29.8 Å². The van der Waals surface area contributed by atoms with Crippen molar-refractivity contribution in [3.8, 4) is 0 Å². The lowest BCUT2D eigenvalue weighted by molar-refractivity contribution is -0.125. The van der Waals surface area contributed by atoms with Gasteiger partial charge in [0, 0.05) is 6.04 Å². The van der Waals surface area contributed by atoms with Gasteiger partial charge in [-0.1, -0.05) is 19.1 Å². The van der Waals surface area contributed by atoms with Gasteiger partial charge in [-0.05, 0) is 37.8 Å². The summed E-state index contributed by atoms with van der Waals surface area (Å²) in [6.07, 6.45) is 2.20. The number of carbonyl (C=O) groups is 2. The van der Waals surface area contributed by atoms with Gasteiger partial charge in [-0.25, -0.2) is 13.2 Å². The molecule has 0 aliphatic heterocycles. The maximum Gasteiger partial charge on any atom is 0.339 e. The topological polar surface area (TPSA) is 89.5 Å². The minimum absolute atomic E-state index is 0.0441. The zero-order chi connectivity index (χ0) is 17.0. The minimum atomic E-state index is -3.54. The van der Waals surface area contributed by atoms with Crippen molar-refractivity contribution in [1.82, 2.24) is 5.32 Å². The molecule has 0 bridgehead atoms. The lowest BCUT2D eigenvalue weighted by atomic mass is 10.2. The summed E-state index contributed by atoms with van der Waals surface area (Å²) in [6.45, 7) is 3.00. The van der Waals surface area contributed by atoms with Gasteiger partial charge in [-0.15, -0.1) is 0 Å². The molecule has 23 heavy (non-hydrogen) atoms. The van der Waals surface area contributed by atoms with Crippen LogP contribution in [0.1, 0.15) is 37.0 Å². The summed E-state index contributed by atoms with van der Waals surface area (Å²) in [5.74, 6) is -0.804. The summed E-state index contributed by atoms with van der Waals surface area (Å²) in [5.41, 5.74) is -0.0441. The van der Waals surface area contributed by atoms with Crippen molar-refractivity contribution in [1.29, 1.82) is 0 Å². The Kier molecular flexibility index (Phi) is 5.41. The molecule has 1 aromatic rings. The van der Waals surface area contributed by atoms with E-state index in [-0.39, 0.29) is 28.2 Å². The van der Waals surface area contributed by atoms with E-state index in [1.807, 2.05) is 6.92 Å². The molecule has 1 aliphatic carbocycles. The van der Waals surface area contributed by atoms with Crippen LogP contribution in [-0.2, 0) is 19.4 Å². The van der Waals surface area contributed by atoms with Gasteiger partial charge in [0.25, 0.3) is 5.91 Å². The highest BCUT2D eigenvalue weighted by Gasteiger charge is 2.29. The number of hydrogen-bond acceptors (Lipinski definition) is 5. The summed E-state index contributed by atoms with van der Waals surface area (Å²) >= 11 is 0. The van der Waals surface area contributed by atoms with E-state index in [1.165, 1.54) is 19.1 Å². The third kappa shape index (κ3) is 4.54. The van der Waals surface area contributed by atoms with E-state index in [4.69, 9.17) is 4.74 Å². The van der Waals surface area contributed by atoms with Crippen molar-refractivity contribution >= 4 is 21.7 Å². The summed E-state index contributed by atoms with van der Waals surface area (Å²) in [7, 11) is -3.54. The second-order valence-electron chi connectivity index (χ2n) is 5.67. The molecule has 0 spiro atoms. The molecule has 126 valence electrons. The van der Waals surface area contributed by atoms with Crippen LogP contribution in [0.4, 0.5) is 0 Å². The van der Waals surface area contributed by atoms with Crippen LogP contribution in [0.3, 0.4) is 0 Å². The van der Waals surface area contributed by atoms with Crippen LogP contribution in [-0.4, -0.2) is 38.7 Å². The Morgan fingerprint density at radius 3 is 2.57 bits per heavy atom. The maximum absolute atomic E-state index is 12.1. The first-order chi connectivity index (χ1) is 10.8. The first kappa shape index (κ1) is 17.5. The zero-order valence-corrected chi connectivity index (χ0v) is 14.1. The number of rotatable bonds is 7. The quantitative estimate of drug-likeness (QED) is 0.761. The van der Waals surface area contributed by atoms with Crippen LogP contribution >= 0.6 is 0 Å². The lowest BCUT2D eigenvalue weighted by Gasteiger charge is -2.13. The molecule has 0 saturated heterocycles. The van der Waals surface area contributed by atoms with E-state index in [0.29, 0.717) is 5.92 Å². The predicted octanol–water partition coefficient (Wildman–Crippen LogP) is 1.55. The number of hydrogen-bond donors (Lipinski definition) is 1. The number of esters is 1. The molecule has 1 fully saturated rings. The Labute approximate surface area is 136 Å². The standard InChI is InChI=1S/C16H21NO5S/c1-3-23(20,21)14-7-5-4-6-13(14)16(19)22-10-15(18)17-11(2)12-8-9-12/h4-7,11-12H,3,8-10H2,1-2H3,(H,17,18)/t11-/m1/s1. The first-order valence-electron chi connectivity index (χ1n) is 7.63. The molecule has 0 radical (unpaired) electrons. The van der Waals surface area contributed by atoms with Crippen molar-refractivity contribution in [3.63, 3.8) is 0 Å². The third-order valence-electron chi connectivity index (χ3n) is 3.87. The average Bonchev–Trinajstić information content (AvgIpc) is 3.37. The monoisotopic (exact) mass is 339 g/mol. The third-order valence-corrected chi connectivity index (χ3v) is 5.66. The predicted molar refractivity (Wildman–Crippen MR) is 84.8 cm³/mol. The molecule has 1 aromatic carbocycles. The summed E-state index contributed by atoms with van der Waals surface area (Å²) in [4.78, 5) is 23.8. The molecule has 0 aromatic heterocycles. The number of benzene rings is 1. The van der Waals surface area contributed by atoms with Gasteiger partial charge < -0.3 is 10.1 Å². The Bertz CT molecular complexity index is 694. The van der Waals surface area contributed by atoms with E-state index < -0.39 is 22.4 Å². The number of amides is 1. The molecule has 1 atom stereocenters. The van der Waals surface area contributed by atoms with Gasteiger partial charge in [-0.3, -0.25) is 4.79 Å². The fourth-order valence-electron chi connectivity index (χ4n) is 2.28. The van der Waals surface area contributed by atoms with Gasteiger partial charge in [0.1, 0.15) is 0 Å². The van der Waals surface area contributed by atoms with Crippen molar-refractivity contribution in [2.75, 3.05) is 12.4 Å². The lowest BCUT2D eigenvalue weighted by Crippen LogP contribution is -2.37. The number of sulfone groups is 1. The highest BCUT2D eigenvalue weighted by molar-refractivity contribution is 7.91. The largest absolute Gasteiger partial charge is 0.452 e. The van der Waals surface area contributed by atoms with Crippen molar-refractivity contribution in [2.24, 2.45) is 5.92 Å². The van der Waals surface area contributed by atoms with Crippen molar-refractivity contribution in [2.45, 2.75) is 37.6 Å². The average molecular weight is 339 g/mol. The number of ether oxygens (including phenoxy) is 1. The van der Waals surface area contributed by atoms with E-state index >= 15 is 0 Å². The molecule has 0 heterocycles. The summed E-state index contributed by atoms with van der Waals surface area (Å²) in [6, 6.07) is 5.92. The van der Waals surface area contributed by atoms with E-state index in [1.54, 1.807) is 12.1 Å². The second kappa shape index (κ2) is 7.12. The molecule has 6 nitrogen and oxygen atoms in total. The van der Waals surface area contributed by atoms with Crippen LogP contribution in [0.5, 0.6) is 0 Å². The smallest absolute Gasteiger partial charge is 0.339 e. The van der Waals surface area contributed by atoms with E-state index in [9.17, 15) is 18.0 Å². The Morgan fingerprint density at radius 2 is 1.96 bits per heavy atom. The van der Waals surface area contributed by atoms with E-state index in [0.717, 1.165) is 12.8 Å². The van der Waals surface area contributed by atoms with E-state index in [2.05, 4.69) is 5.32 Å². The van der Waals surface area contributed by atoms with Crippen LogP contribution in [0.2, 0.25) is 0 Å². The van der Waals surface area contributed by atoms with Crippen LogP contribution < -0.4 is 5.32 Å². The van der Waals surface area contributed by atoms with Gasteiger partial charge in [0.2, 0.25) is 0 Å². The number of carbonyl (C=O) groups excluding carboxylic acids is 2. The summed E-state index contributed by atoms with van der Waals surface area (Å²) in [5, 5.41) is 2.77. The minimum Gasteiger partial charge on any atom is -0.452 e. The Morgan fingerprint density at radius 1 is 1.30 bits per heavy atom. The molecule has 2 rings (SSSR count). The zero-order valence-electron chi connectivity index (χ0n) is 13.2. The highest BCUT2D eigenvalue weighted by Crippen LogP contribution is 2.32. The van der Waals surface area contributed by atoms with Gasteiger partial charge in [0.05, 0.1) is 16.2 Å². The Balaban J connectivity index is 1.99. The first-order valence-corrected chi connectivity index (χ1v) is 9.28. The molecule has 7 heteroatoms. The van der Waals surface area contributed by atoms with Gasteiger partial charge in [-0.2, -0.15) is 0 Å². The van der Waals surface area contributed by atoms with Crippen LogP contribution in [0.25, 0.3) is 0 Å². The molecule has 1 N–H and O–H groups in total. The molecule has 1 amide bonds. The van der Waals surface area contributed by atoms with Crippen LogP contribution in [0, 0.1) is 5.92 Å². The summed E-state index contributed by atoms with van der Waals surface area (Å²) < 4.78 is 29.0. The maximum atomic E-state index is 12.1. The molecule has 1 saturated carbocycles. The SMILES string of the molecule is CCS(=O)(=O)c1ccccc1C(=O)OCC(=O)N[C@H](C)C1CC1. The molecular formula is C16H21NO5S. The van der Waals surface area contributed by atoms with Gasteiger partial charge >= 0.3 is 5.97 Å². The molecule has 1 aliphatic rings. The molecular weight excluding hydrogens is 318 g/mol. The van der Waals surface area contributed by atoms with Crippen molar-refractivity contribution < 1.29 is 22.7 Å². The van der Waals surface area contributed by atoms with Crippen LogP contribution in [0.15, 0.2) is 29.2 Å². The molecule has 0 unspecified atom stereocenters. The second-order valence-corrected chi connectivity index (χ2v) is 7.92. The Hall–Kier alpha value is -1.89. The van der Waals surface area contributed by atoms with Gasteiger partial charge in [0.15, 0.2) is 16.4 Å². The highest BCUT2D eigenvalue weighted by atomic mass is 32.2.